The summed E-state index contributed by atoms with van der Waals surface area (Å²) in [4.78, 5) is 27.6. The van der Waals surface area contributed by atoms with Crippen LogP contribution in [0.2, 0.25) is 0 Å². The Hall–Kier alpha value is -2.21. The summed E-state index contributed by atoms with van der Waals surface area (Å²) in [5, 5.41) is 9.66. The van der Waals surface area contributed by atoms with Crippen LogP contribution in [0.5, 0.6) is 0 Å². The van der Waals surface area contributed by atoms with Gasteiger partial charge in [-0.05, 0) is 32.4 Å². The third-order valence-electron chi connectivity index (χ3n) is 3.18. The molecule has 0 aliphatic rings. The highest BCUT2D eigenvalue weighted by Gasteiger charge is 1.99. The van der Waals surface area contributed by atoms with E-state index in [0.717, 1.165) is 18.4 Å². The lowest BCUT2D eigenvalue weighted by Crippen LogP contribution is -2.27. The molecule has 0 atom stereocenters. The van der Waals surface area contributed by atoms with Gasteiger partial charge in [0.25, 0.3) is 0 Å². The zero-order valence-electron chi connectivity index (χ0n) is 13.8. The first kappa shape index (κ1) is 18.8. The first-order chi connectivity index (χ1) is 11.1. The zero-order valence-corrected chi connectivity index (χ0v) is 13.8. The zero-order chi connectivity index (χ0) is 16.9. The van der Waals surface area contributed by atoms with Gasteiger partial charge in [-0.15, -0.1) is 0 Å². The van der Waals surface area contributed by atoms with E-state index in [1.54, 1.807) is 18.3 Å². The molecule has 23 heavy (non-hydrogen) atoms. The maximum atomic E-state index is 11.3. The van der Waals surface area contributed by atoms with Gasteiger partial charge in [0.15, 0.2) is 5.78 Å². The average molecular weight is 319 g/mol. The number of nitrogens with one attached hydrogen (secondary N) is 2. The molecule has 1 amide bonds. The molecule has 2 N–H and O–H groups in total. The lowest BCUT2D eigenvalue weighted by molar-refractivity contribution is -0.121. The Morgan fingerprint density at radius 1 is 1.17 bits per heavy atom. The number of ketones is 1. The van der Waals surface area contributed by atoms with Crippen LogP contribution in [0.3, 0.4) is 0 Å². The molecule has 126 valence electrons. The van der Waals surface area contributed by atoms with Crippen molar-refractivity contribution in [2.75, 3.05) is 26.7 Å². The number of nitrogens with zero attached hydrogens (tertiary/aromatic N) is 1. The lowest BCUT2D eigenvalue weighted by atomic mass is 10.1. The van der Waals surface area contributed by atoms with E-state index in [1.165, 1.54) is 6.92 Å². The van der Waals surface area contributed by atoms with E-state index in [1.807, 2.05) is 19.2 Å². The SMILES string of the molecule is CNCCC(=O)NCCCCON=Cc1ccc(C(C)=O)cc1. The molecular formula is C17H25N3O3. The molecule has 1 rings (SSSR count). The highest BCUT2D eigenvalue weighted by atomic mass is 16.6. The molecule has 6 nitrogen and oxygen atoms in total. The van der Waals surface area contributed by atoms with Gasteiger partial charge in [-0.1, -0.05) is 29.4 Å². The number of unbranched alkanes of at least 4 members (excludes halogenated alkanes) is 1. The van der Waals surface area contributed by atoms with E-state index in [-0.39, 0.29) is 11.7 Å². The molecule has 0 saturated carbocycles. The van der Waals surface area contributed by atoms with Crippen molar-refractivity contribution in [2.45, 2.75) is 26.2 Å². The van der Waals surface area contributed by atoms with Crippen molar-refractivity contribution in [3.63, 3.8) is 0 Å². The number of carbonyl (C=O) groups is 2. The fourth-order valence-corrected chi connectivity index (χ4v) is 1.80. The minimum Gasteiger partial charge on any atom is -0.396 e. The first-order valence-corrected chi connectivity index (χ1v) is 7.81. The van der Waals surface area contributed by atoms with E-state index in [2.05, 4.69) is 15.8 Å². The number of amides is 1. The molecule has 1 aromatic carbocycles. The summed E-state index contributed by atoms with van der Waals surface area (Å²) >= 11 is 0. The largest absolute Gasteiger partial charge is 0.396 e. The van der Waals surface area contributed by atoms with Gasteiger partial charge in [-0.3, -0.25) is 9.59 Å². The van der Waals surface area contributed by atoms with E-state index >= 15 is 0 Å². The Labute approximate surface area is 137 Å². The second-order valence-corrected chi connectivity index (χ2v) is 5.16. The van der Waals surface area contributed by atoms with Gasteiger partial charge in [-0.25, -0.2) is 0 Å². The van der Waals surface area contributed by atoms with Gasteiger partial charge in [0.2, 0.25) is 5.91 Å². The van der Waals surface area contributed by atoms with Crippen LogP contribution >= 0.6 is 0 Å². The van der Waals surface area contributed by atoms with Crippen molar-refractivity contribution < 1.29 is 14.4 Å². The van der Waals surface area contributed by atoms with Crippen molar-refractivity contribution in [2.24, 2.45) is 5.16 Å². The molecule has 0 unspecified atom stereocenters. The third-order valence-corrected chi connectivity index (χ3v) is 3.18. The van der Waals surface area contributed by atoms with Crippen LogP contribution in [0.4, 0.5) is 0 Å². The van der Waals surface area contributed by atoms with Crippen molar-refractivity contribution in [3.8, 4) is 0 Å². The van der Waals surface area contributed by atoms with Crippen LogP contribution < -0.4 is 10.6 Å². The van der Waals surface area contributed by atoms with Crippen LogP contribution in [0.1, 0.15) is 42.1 Å². The van der Waals surface area contributed by atoms with E-state index < -0.39 is 0 Å². The summed E-state index contributed by atoms with van der Waals surface area (Å²) in [6.07, 6.45) is 3.80. The molecule has 1 aromatic rings. The number of carbonyl (C=O) groups excluding carboxylic acids is 2. The van der Waals surface area contributed by atoms with Crippen molar-refractivity contribution in [3.05, 3.63) is 35.4 Å². The monoisotopic (exact) mass is 319 g/mol. The van der Waals surface area contributed by atoms with Gasteiger partial charge < -0.3 is 15.5 Å². The number of Topliss-reactive ketones (excluding diaryl/α,β-unsaturated/α-hetero) is 1. The second-order valence-electron chi connectivity index (χ2n) is 5.16. The second kappa shape index (κ2) is 11.4. The van der Waals surface area contributed by atoms with E-state index in [4.69, 9.17) is 4.84 Å². The summed E-state index contributed by atoms with van der Waals surface area (Å²) in [6, 6.07) is 7.18. The van der Waals surface area contributed by atoms with Crippen LogP contribution in [-0.2, 0) is 9.63 Å². The Morgan fingerprint density at radius 2 is 1.91 bits per heavy atom. The fraction of sp³-hybridized carbons (Fsp3) is 0.471. The minimum atomic E-state index is 0.0442. The van der Waals surface area contributed by atoms with Crippen molar-refractivity contribution >= 4 is 17.9 Å². The van der Waals surface area contributed by atoms with Crippen LogP contribution in [0, 0.1) is 0 Å². The number of rotatable bonds is 11. The highest BCUT2D eigenvalue weighted by molar-refractivity contribution is 5.94. The maximum absolute atomic E-state index is 11.3. The molecule has 0 aromatic heterocycles. The van der Waals surface area contributed by atoms with E-state index in [9.17, 15) is 9.59 Å². The molecule has 0 fully saturated rings. The number of benzene rings is 1. The smallest absolute Gasteiger partial charge is 0.221 e. The standard InChI is InChI=1S/C17H25N3O3/c1-14(21)16-7-5-15(6-8-16)13-20-23-12-4-3-10-19-17(22)9-11-18-2/h5-8,13,18H,3-4,9-12H2,1-2H3,(H,19,22). The topological polar surface area (TPSA) is 79.8 Å². The molecule has 0 bridgehead atoms. The maximum Gasteiger partial charge on any atom is 0.221 e. The van der Waals surface area contributed by atoms with Gasteiger partial charge >= 0.3 is 0 Å². The van der Waals surface area contributed by atoms with Gasteiger partial charge in [0.05, 0.1) is 6.21 Å². The van der Waals surface area contributed by atoms with Crippen molar-refractivity contribution in [1.29, 1.82) is 0 Å². The quantitative estimate of drug-likeness (QED) is 0.282. The Morgan fingerprint density at radius 3 is 2.57 bits per heavy atom. The number of hydrogen-bond acceptors (Lipinski definition) is 5. The van der Waals surface area contributed by atoms with Crippen molar-refractivity contribution in [1.82, 2.24) is 10.6 Å². The molecule has 0 aliphatic heterocycles. The van der Waals surface area contributed by atoms with Crippen LogP contribution in [-0.4, -0.2) is 44.6 Å². The highest BCUT2D eigenvalue weighted by Crippen LogP contribution is 2.03. The summed E-state index contributed by atoms with van der Waals surface area (Å²) in [5.74, 6) is 0.107. The first-order valence-electron chi connectivity index (χ1n) is 7.81. The predicted octanol–water partition coefficient (Wildman–Crippen LogP) is 1.75. The lowest BCUT2D eigenvalue weighted by Gasteiger charge is -2.04. The molecule has 0 aliphatic carbocycles. The summed E-state index contributed by atoms with van der Waals surface area (Å²) in [6.45, 7) is 3.39. The normalized spacial score (nSPS) is 10.7. The Bertz CT molecular complexity index is 512. The van der Waals surface area contributed by atoms with E-state index in [0.29, 0.717) is 31.7 Å². The number of hydrogen-bond donors (Lipinski definition) is 2. The fourth-order valence-electron chi connectivity index (χ4n) is 1.80. The van der Waals surface area contributed by atoms with Gasteiger partial charge in [-0.2, -0.15) is 0 Å². The summed E-state index contributed by atoms with van der Waals surface area (Å²) in [7, 11) is 1.82. The van der Waals surface area contributed by atoms with Gasteiger partial charge in [0, 0.05) is 25.1 Å². The molecule has 0 saturated heterocycles. The molecule has 6 heteroatoms. The van der Waals surface area contributed by atoms with Gasteiger partial charge in [0.1, 0.15) is 6.61 Å². The molecular weight excluding hydrogens is 294 g/mol. The molecule has 0 spiro atoms. The Balaban J connectivity index is 2.08. The predicted molar refractivity (Wildman–Crippen MR) is 90.8 cm³/mol. The average Bonchev–Trinajstić information content (AvgIpc) is 2.55. The van der Waals surface area contributed by atoms with Crippen LogP contribution in [0.15, 0.2) is 29.4 Å². The number of oxime groups is 1. The third kappa shape index (κ3) is 8.73. The Kier molecular flexibility index (Phi) is 9.31. The summed E-state index contributed by atoms with van der Waals surface area (Å²) < 4.78 is 0. The minimum absolute atomic E-state index is 0.0442. The molecule has 0 radical (unpaired) electrons. The summed E-state index contributed by atoms with van der Waals surface area (Å²) in [5.41, 5.74) is 1.56. The van der Waals surface area contributed by atoms with Crippen LogP contribution in [0.25, 0.3) is 0 Å². The molecule has 0 heterocycles.